The molecule has 1 fully saturated rings. The molecule has 0 radical (unpaired) electrons. The van der Waals surface area contributed by atoms with Gasteiger partial charge >= 0.3 is 0 Å². The van der Waals surface area contributed by atoms with Gasteiger partial charge < -0.3 is 10.6 Å². The highest BCUT2D eigenvalue weighted by Crippen LogP contribution is 2.19. The second-order valence-corrected chi connectivity index (χ2v) is 6.12. The second-order valence-electron chi connectivity index (χ2n) is 4.71. The van der Waals surface area contributed by atoms with E-state index in [9.17, 15) is 0 Å². The molecule has 0 spiro atoms. The predicted molar refractivity (Wildman–Crippen MR) is 75.3 cm³/mol. The van der Waals surface area contributed by atoms with Crippen LogP contribution in [0.5, 0.6) is 0 Å². The van der Waals surface area contributed by atoms with Crippen LogP contribution in [0.3, 0.4) is 0 Å². The summed E-state index contributed by atoms with van der Waals surface area (Å²) in [5.74, 6) is 2.16. The topological polar surface area (TPSA) is 24.1 Å². The van der Waals surface area contributed by atoms with Gasteiger partial charge in [0.25, 0.3) is 0 Å². The largest absolute Gasteiger partial charge is 0.317 e. The lowest BCUT2D eigenvalue weighted by Crippen LogP contribution is -2.30. The molecule has 0 aromatic carbocycles. The molecule has 1 heterocycles. The summed E-state index contributed by atoms with van der Waals surface area (Å²) >= 11 is 2.16. The molecular weight excluding hydrogens is 216 g/mol. The van der Waals surface area contributed by atoms with Crippen LogP contribution in [0.4, 0.5) is 0 Å². The summed E-state index contributed by atoms with van der Waals surface area (Å²) in [5, 5.41) is 7.92. The molecule has 0 unspecified atom stereocenters. The fourth-order valence-electron chi connectivity index (χ4n) is 2.14. The molecule has 3 heteroatoms. The fourth-order valence-corrected chi connectivity index (χ4v) is 3.31. The number of rotatable bonds is 8. The summed E-state index contributed by atoms with van der Waals surface area (Å²) in [6.07, 6.45) is 5.34. The summed E-state index contributed by atoms with van der Waals surface area (Å²) in [6.45, 7) is 9.42. The molecule has 0 aliphatic carbocycles. The summed E-state index contributed by atoms with van der Waals surface area (Å²) in [5.41, 5.74) is 0. The summed E-state index contributed by atoms with van der Waals surface area (Å²) < 4.78 is 0. The van der Waals surface area contributed by atoms with Crippen LogP contribution in [-0.4, -0.2) is 37.2 Å². The molecule has 1 saturated heterocycles. The van der Waals surface area contributed by atoms with Gasteiger partial charge in [0.15, 0.2) is 0 Å². The van der Waals surface area contributed by atoms with Crippen LogP contribution in [0.1, 0.15) is 39.5 Å². The van der Waals surface area contributed by atoms with Gasteiger partial charge in [-0.05, 0) is 38.4 Å². The van der Waals surface area contributed by atoms with Crippen LogP contribution in [0, 0.1) is 5.92 Å². The van der Waals surface area contributed by atoms with Gasteiger partial charge in [0.2, 0.25) is 0 Å². The van der Waals surface area contributed by atoms with E-state index in [4.69, 9.17) is 0 Å². The molecule has 2 nitrogen and oxygen atoms in total. The van der Waals surface area contributed by atoms with E-state index < -0.39 is 0 Å². The van der Waals surface area contributed by atoms with E-state index >= 15 is 0 Å². The third-order valence-corrected chi connectivity index (χ3v) is 4.89. The third kappa shape index (κ3) is 6.12. The number of hydrogen-bond donors (Lipinski definition) is 2. The standard InChI is InChI=1S/C13H28N2S/c1-3-12(4-2)11-15-9-10-16-13-5-7-14-8-6-13/h12-15H,3-11H2,1-2H3. The van der Waals surface area contributed by atoms with Crippen molar-refractivity contribution in [1.29, 1.82) is 0 Å². The fraction of sp³-hybridized carbons (Fsp3) is 1.00. The molecule has 1 rings (SSSR count). The molecule has 0 aromatic rings. The lowest BCUT2D eigenvalue weighted by molar-refractivity contribution is 0.457. The first-order valence-corrected chi connectivity index (χ1v) is 7.94. The summed E-state index contributed by atoms with van der Waals surface area (Å²) in [6, 6.07) is 0. The number of thioether (sulfide) groups is 1. The Bertz CT molecular complexity index is 154. The van der Waals surface area contributed by atoms with Crippen molar-refractivity contribution in [2.75, 3.05) is 31.9 Å². The Morgan fingerprint density at radius 1 is 1.25 bits per heavy atom. The number of hydrogen-bond acceptors (Lipinski definition) is 3. The minimum absolute atomic E-state index is 0.879. The first-order valence-electron chi connectivity index (χ1n) is 6.89. The smallest absolute Gasteiger partial charge is 0.00716 e. The molecule has 0 aromatic heterocycles. The normalized spacial score (nSPS) is 18.2. The van der Waals surface area contributed by atoms with Gasteiger partial charge in [0, 0.05) is 17.5 Å². The minimum atomic E-state index is 0.879. The van der Waals surface area contributed by atoms with Crippen molar-refractivity contribution in [3.8, 4) is 0 Å². The van der Waals surface area contributed by atoms with Gasteiger partial charge in [0.1, 0.15) is 0 Å². The Morgan fingerprint density at radius 3 is 2.56 bits per heavy atom. The summed E-state index contributed by atoms with van der Waals surface area (Å²) in [7, 11) is 0. The Labute approximate surface area is 105 Å². The van der Waals surface area contributed by atoms with E-state index in [1.54, 1.807) is 0 Å². The lowest BCUT2D eigenvalue weighted by Gasteiger charge is -2.22. The number of piperidine rings is 1. The lowest BCUT2D eigenvalue weighted by atomic mass is 10.0. The molecule has 16 heavy (non-hydrogen) atoms. The first-order chi connectivity index (χ1) is 7.86. The van der Waals surface area contributed by atoms with Crippen LogP contribution in [0.2, 0.25) is 0 Å². The molecule has 2 N–H and O–H groups in total. The van der Waals surface area contributed by atoms with Crippen molar-refractivity contribution in [2.24, 2.45) is 5.92 Å². The zero-order valence-electron chi connectivity index (χ0n) is 10.9. The molecule has 0 bridgehead atoms. The van der Waals surface area contributed by atoms with Gasteiger partial charge in [-0.2, -0.15) is 11.8 Å². The highest BCUT2D eigenvalue weighted by molar-refractivity contribution is 7.99. The van der Waals surface area contributed by atoms with Crippen LogP contribution in [0.15, 0.2) is 0 Å². The van der Waals surface area contributed by atoms with E-state index in [2.05, 4.69) is 36.2 Å². The van der Waals surface area contributed by atoms with Gasteiger partial charge in [-0.25, -0.2) is 0 Å². The molecule has 1 aliphatic heterocycles. The predicted octanol–water partition coefficient (Wildman–Crippen LogP) is 2.50. The molecule has 0 atom stereocenters. The minimum Gasteiger partial charge on any atom is -0.317 e. The zero-order chi connectivity index (χ0) is 11.6. The van der Waals surface area contributed by atoms with Crippen molar-refractivity contribution in [1.82, 2.24) is 10.6 Å². The highest BCUT2D eigenvalue weighted by atomic mass is 32.2. The van der Waals surface area contributed by atoms with Crippen molar-refractivity contribution in [3.05, 3.63) is 0 Å². The van der Waals surface area contributed by atoms with Crippen molar-refractivity contribution < 1.29 is 0 Å². The molecular formula is C13H28N2S. The number of nitrogens with one attached hydrogen (secondary N) is 2. The van der Waals surface area contributed by atoms with Crippen molar-refractivity contribution in [2.45, 2.75) is 44.8 Å². The summed E-state index contributed by atoms with van der Waals surface area (Å²) in [4.78, 5) is 0. The van der Waals surface area contributed by atoms with E-state index in [1.165, 1.54) is 57.6 Å². The van der Waals surface area contributed by atoms with E-state index in [0.717, 1.165) is 11.2 Å². The van der Waals surface area contributed by atoms with Crippen LogP contribution in [-0.2, 0) is 0 Å². The average Bonchev–Trinajstić information content (AvgIpc) is 2.35. The zero-order valence-corrected chi connectivity index (χ0v) is 11.7. The molecule has 0 saturated carbocycles. The Balaban J connectivity index is 1.90. The molecule has 96 valence electrons. The maximum Gasteiger partial charge on any atom is 0.00716 e. The van der Waals surface area contributed by atoms with Gasteiger partial charge in [-0.3, -0.25) is 0 Å². The van der Waals surface area contributed by atoms with Crippen molar-refractivity contribution >= 4 is 11.8 Å². The first kappa shape index (κ1) is 14.3. The molecule has 0 amide bonds. The van der Waals surface area contributed by atoms with Gasteiger partial charge in [-0.15, -0.1) is 0 Å². The Hall–Kier alpha value is 0.270. The maximum absolute atomic E-state index is 3.59. The maximum atomic E-state index is 3.59. The van der Waals surface area contributed by atoms with E-state index in [1.807, 2.05) is 0 Å². The van der Waals surface area contributed by atoms with Crippen LogP contribution in [0.25, 0.3) is 0 Å². The Kier molecular flexibility index (Phi) is 8.34. The second kappa shape index (κ2) is 9.32. The SMILES string of the molecule is CCC(CC)CNCCSC1CCNCC1. The average molecular weight is 244 g/mol. The van der Waals surface area contributed by atoms with E-state index in [0.29, 0.717) is 0 Å². The van der Waals surface area contributed by atoms with Crippen molar-refractivity contribution in [3.63, 3.8) is 0 Å². The monoisotopic (exact) mass is 244 g/mol. The third-order valence-electron chi connectivity index (χ3n) is 3.51. The quantitative estimate of drug-likeness (QED) is 0.642. The van der Waals surface area contributed by atoms with Gasteiger partial charge in [-0.1, -0.05) is 26.7 Å². The Morgan fingerprint density at radius 2 is 1.94 bits per heavy atom. The highest BCUT2D eigenvalue weighted by Gasteiger charge is 2.12. The van der Waals surface area contributed by atoms with Gasteiger partial charge in [0.05, 0.1) is 0 Å². The van der Waals surface area contributed by atoms with Crippen LogP contribution >= 0.6 is 11.8 Å². The van der Waals surface area contributed by atoms with Crippen LogP contribution < -0.4 is 10.6 Å². The van der Waals surface area contributed by atoms with E-state index in [-0.39, 0.29) is 0 Å². The molecule has 1 aliphatic rings.